The van der Waals surface area contributed by atoms with Gasteiger partial charge in [0, 0.05) is 50.2 Å². The molecule has 11 nitrogen and oxygen atoms in total. The van der Waals surface area contributed by atoms with Crippen molar-refractivity contribution in [2.75, 3.05) is 38.5 Å². The molecule has 1 aliphatic heterocycles. The van der Waals surface area contributed by atoms with Gasteiger partial charge in [-0.05, 0) is 46.0 Å². The van der Waals surface area contributed by atoms with Gasteiger partial charge in [-0.2, -0.15) is 4.31 Å². The van der Waals surface area contributed by atoms with Gasteiger partial charge >= 0.3 is 0 Å². The van der Waals surface area contributed by atoms with Gasteiger partial charge in [0.15, 0.2) is 11.5 Å². The third kappa shape index (κ3) is 4.89. The summed E-state index contributed by atoms with van der Waals surface area (Å²) in [5, 5.41) is 2.92. The monoisotopic (exact) mass is 525 g/mol. The summed E-state index contributed by atoms with van der Waals surface area (Å²) in [5.74, 6) is 0.675. The van der Waals surface area contributed by atoms with Crippen LogP contribution in [0.2, 0.25) is 0 Å². The number of fused-ring (bicyclic) bond motifs is 1. The van der Waals surface area contributed by atoms with E-state index in [0.717, 1.165) is 17.5 Å². The van der Waals surface area contributed by atoms with E-state index >= 15 is 0 Å². The maximum absolute atomic E-state index is 14.8. The minimum absolute atomic E-state index is 0.0790. The number of likely N-dealkylation sites (N-methyl/N-ethyl adjacent to an activating group) is 1. The number of imidazole rings is 1. The van der Waals surface area contributed by atoms with Crippen molar-refractivity contribution in [2.24, 2.45) is 0 Å². The standard InChI is InChI=1S/C24H28FN9O2S/c1-15(2)34-16(3)29-23-20(34)11-17(12-27-23)22-19(25)14-28-24(31-22)30-21-6-5-18(13-26-21)37(35,36)33-9-7-32(4)8-10-33/h5-6,11-15H,7-10H2,1-4H3,(H,26,28,30,31). The van der Waals surface area contributed by atoms with Gasteiger partial charge in [-0.1, -0.05) is 0 Å². The number of hydrogen-bond acceptors (Lipinski definition) is 9. The second-order valence-electron chi connectivity index (χ2n) is 9.29. The lowest BCUT2D eigenvalue weighted by Gasteiger charge is -2.31. The number of hydrogen-bond donors (Lipinski definition) is 1. The van der Waals surface area contributed by atoms with E-state index in [1.807, 2.05) is 38.5 Å². The number of aromatic nitrogens is 6. The maximum atomic E-state index is 14.8. The first-order valence-corrected chi connectivity index (χ1v) is 13.4. The van der Waals surface area contributed by atoms with Crippen LogP contribution < -0.4 is 5.32 Å². The van der Waals surface area contributed by atoms with Crippen LogP contribution in [0.25, 0.3) is 22.4 Å². The van der Waals surface area contributed by atoms with Gasteiger partial charge in [0.05, 0.1) is 11.7 Å². The Balaban J connectivity index is 1.39. The number of sulfonamides is 1. The lowest BCUT2D eigenvalue weighted by molar-refractivity contribution is 0.222. The minimum atomic E-state index is -3.63. The lowest BCUT2D eigenvalue weighted by Crippen LogP contribution is -2.47. The molecule has 1 saturated heterocycles. The molecule has 37 heavy (non-hydrogen) atoms. The molecule has 0 aliphatic carbocycles. The highest BCUT2D eigenvalue weighted by Crippen LogP contribution is 2.27. The lowest BCUT2D eigenvalue weighted by atomic mass is 10.2. The SMILES string of the molecule is Cc1nc2ncc(-c3nc(Nc4ccc(S(=O)(=O)N5CCN(C)CC5)cn4)ncc3F)cc2n1C(C)C. The van der Waals surface area contributed by atoms with Crippen molar-refractivity contribution in [3.63, 3.8) is 0 Å². The van der Waals surface area contributed by atoms with Crippen LogP contribution in [0.1, 0.15) is 25.7 Å². The van der Waals surface area contributed by atoms with Gasteiger partial charge in [-0.3, -0.25) is 0 Å². The molecule has 0 radical (unpaired) electrons. The average molecular weight is 526 g/mol. The third-order valence-corrected chi connectivity index (χ3v) is 8.22. The summed E-state index contributed by atoms with van der Waals surface area (Å²) in [6.07, 6.45) is 3.91. The Labute approximate surface area is 214 Å². The Hall–Kier alpha value is -3.55. The fourth-order valence-corrected chi connectivity index (χ4v) is 5.77. The van der Waals surface area contributed by atoms with Gasteiger partial charge in [-0.25, -0.2) is 37.7 Å². The summed E-state index contributed by atoms with van der Waals surface area (Å²) in [5.41, 5.74) is 1.93. The molecule has 4 aromatic rings. The van der Waals surface area contributed by atoms with Crippen LogP contribution in [0, 0.1) is 12.7 Å². The van der Waals surface area contributed by atoms with Gasteiger partial charge in [-0.15, -0.1) is 0 Å². The van der Waals surface area contributed by atoms with Crippen molar-refractivity contribution < 1.29 is 12.8 Å². The molecule has 0 aromatic carbocycles. The first kappa shape index (κ1) is 25.1. The van der Waals surface area contributed by atoms with Crippen LogP contribution in [0.5, 0.6) is 0 Å². The predicted molar refractivity (Wildman–Crippen MR) is 137 cm³/mol. The van der Waals surface area contributed by atoms with E-state index in [2.05, 4.69) is 35.1 Å². The minimum Gasteiger partial charge on any atom is -0.324 e. The number of nitrogens with one attached hydrogen (secondary N) is 1. The molecule has 0 amide bonds. The maximum Gasteiger partial charge on any atom is 0.244 e. The highest BCUT2D eigenvalue weighted by Gasteiger charge is 2.27. The Kier molecular flexibility index (Phi) is 6.60. The van der Waals surface area contributed by atoms with Gasteiger partial charge in [0.1, 0.15) is 22.2 Å². The normalized spacial score (nSPS) is 15.5. The largest absolute Gasteiger partial charge is 0.324 e. The van der Waals surface area contributed by atoms with Gasteiger partial charge < -0.3 is 14.8 Å². The zero-order valence-electron chi connectivity index (χ0n) is 21.1. The molecule has 0 saturated carbocycles. The van der Waals surface area contributed by atoms with Crippen LogP contribution in [0.4, 0.5) is 16.2 Å². The van der Waals surface area contributed by atoms with E-state index < -0.39 is 15.8 Å². The van der Waals surface area contributed by atoms with Crippen molar-refractivity contribution in [1.29, 1.82) is 0 Å². The molecule has 1 fully saturated rings. The van der Waals surface area contributed by atoms with E-state index in [1.54, 1.807) is 0 Å². The zero-order chi connectivity index (χ0) is 26.3. The number of anilines is 2. The first-order chi connectivity index (χ1) is 17.6. The topological polar surface area (TPSA) is 122 Å². The fraction of sp³-hybridized carbons (Fsp3) is 0.375. The van der Waals surface area contributed by atoms with Crippen LogP contribution in [0.15, 0.2) is 41.7 Å². The van der Waals surface area contributed by atoms with Crippen molar-refractivity contribution in [2.45, 2.75) is 31.7 Å². The van der Waals surface area contributed by atoms with E-state index in [0.29, 0.717) is 43.2 Å². The number of aryl methyl sites for hydroxylation is 1. The Bertz CT molecular complexity index is 1550. The van der Waals surface area contributed by atoms with Crippen molar-refractivity contribution in [1.82, 2.24) is 38.7 Å². The Morgan fingerprint density at radius 1 is 1.00 bits per heavy atom. The number of piperazine rings is 1. The number of halogens is 1. The predicted octanol–water partition coefficient (Wildman–Crippen LogP) is 2.99. The van der Waals surface area contributed by atoms with Crippen molar-refractivity contribution in [3.05, 3.63) is 48.4 Å². The molecule has 194 valence electrons. The summed E-state index contributed by atoms with van der Waals surface area (Å²) >= 11 is 0. The van der Waals surface area contributed by atoms with E-state index in [9.17, 15) is 12.8 Å². The first-order valence-electron chi connectivity index (χ1n) is 11.9. The summed E-state index contributed by atoms with van der Waals surface area (Å²) in [4.78, 5) is 23.7. The molecule has 0 atom stereocenters. The highest BCUT2D eigenvalue weighted by molar-refractivity contribution is 7.89. The molecular weight excluding hydrogens is 497 g/mol. The molecule has 1 N–H and O–H groups in total. The summed E-state index contributed by atoms with van der Waals surface area (Å²) in [7, 11) is -1.66. The van der Waals surface area contributed by atoms with Crippen molar-refractivity contribution in [3.8, 4) is 11.3 Å². The molecular formula is C24H28FN9O2S. The van der Waals surface area contributed by atoms with E-state index in [1.165, 1.54) is 28.8 Å². The average Bonchev–Trinajstić information content (AvgIpc) is 3.21. The van der Waals surface area contributed by atoms with Gasteiger partial charge in [0.25, 0.3) is 0 Å². The number of rotatable bonds is 6. The molecule has 0 unspecified atom stereocenters. The fourth-order valence-electron chi connectivity index (χ4n) is 4.40. The quantitative estimate of drug-likeness (QED) is 0.405. The van der Waals surface area contributed by atoms with Crippen molar-refractivity contribution >= 4 is 33.0 Å². The molecule has 1 aliphatic rings. The van der Waals surface area contributed by atoms with Crippen LogP contribution in [-0.4, -0.2) is 80.3 Å². The number of pyridine rings is 2. The van der Waals surface area contributed by atoms with Crippen LogP contribution in [-0.2, 0) is 10.0 Å². The summed E-state index contributed by atoms with van der Waals surface area (Å²) in [6.45, 7) is 8.22. The smallest absolute Gasteiger partial charge is 0.244 e. The second kappa shape index (κ2) is 9.72. The molecule has 5 rings (SSSR count). The molecule has 13 heteroatoms. The molecule has 4 aromatic heterocycles. The van der Waals surface area contributed by atoms with E-state index in [4.69, 9.17) is 0 Å². The Morgan fingerprint density at radius 3 is 2.43 bits per heavy atom. The third-order valence-electron chi connectivity index (χ3n) is 6.33. The Morgan fingerprint density at radius 2 is 1.76 bits per heavy atom. The van der Waals surface area contributed by atoms with Gasteiger partial charge in [0.2, 0.25) is 16.0 Å². The zero-order valence-corrected chi connectivity index (χ0v) is 21.9. The van der Waals surface area contributed by atoms with E-state index in [-0.39, 0.29) is 22.6 Å². The summed E-state index contributed by atoms with van der Waals surface area (Å²) in [6, 6.07) is 4.99. The highest BCUT2D eigenvalue weighted by atomic mass is 32.2. The molecule has 5 heterocycles. The second-order valence-corrected chi connectivity index (χ2v) is 11.2. The van der Waals surface area contributed by atoms with Crippen LogP contribution >= 0.6 is 0 Å². The molecule has 0 bridgehead atoms. The van der Waals surface area contributed by atoms with Crippen LogP contribution in [0.3, 0.4) is 0 Å². The summed E-state index contributed by atoms with van der Waals surface area (Å²) < 4.78 is 44.1. The molecule has 0 spiro atoms. The number of nitrogens with zero attached hydrogens (tertiary/aromatic N) is 8.